The molecular weight excluding hydrogens is 547 g/mol. The van der Waals surface area contributed by atoms with Crippen LogP contribution in [0.15, 0.2) is 0 Å². The Morgan fingerprint density at radius 1 is 0.806 bits per heavy atom. The molecule has 0 aliphatic carbocycles. The first-order valence-electron chi connectivity index (χ1n) is 9.92. The molecule has 0 heterocycles. The topological polar surface area (TPSA) is 332 Å². The fourth-order valence-electron chi connectivity index (χ4n) is 1.80. The van der Waals surface area contributed by atoms with Gasteiger partial charge < -0.3 is 53.1 Å². The molecule has 36 heavy (non-hydrogen) atoms. The Kier molecular flexibility index (Phi) is 23.5. The minimum Gasteiger partial charge on any atom is -0.480 e. The highest BCUT2D eigenvalue weighted by Crippen LogP contribution is 2.36. The first-order valence-corrected chi connectivity index (χ1v) is 15.5. The van der Waals surface area contributed by atoms with Crippen molar-refractivity contribution in [1.82, 2.24) is 16.8 Å². The van der Waals surface area contributed by atoms with Crippen LogP contribution in [0, 0.1) is 0 Å². The van der Waals surface area contributed by atoms with E-state index in [1.807, 2.05) is 0 Å². The predicted octanol–water partition coefficient (Wildman–Crippen LogP) is -1.80. The maximum atomic E-state index is 11.7. The lowest BCUT2D eigenvalue weighted by Gasteiger charge is -2.19. The molecule has 7 atom stereocenters. The van der Waals surface area contributed by atoms with Crippen LogP contribution in [0.1, 0.15) is 26.7 Å². The Labute approximate surface area is 210 Å². The standard InChI is InChI=1S/C11H22N3O6P.C5H12NO4P.H3N.H3O2P/c1-6(9(15)14-7(2)11(17)18)13-10(16)8(12)4-5-21(3,19)20;1-11(9,10)3-2-4(6)5(7)8;;1-3-2/h6-8H,4-5,12H2,1-3H3,(H,13,16)(H,14,15)(H,17,18)(H,19,20);4H,2-3,6H2,1H3,(H,7,8)(H,9,10);1H3;3H2,(H,1,2)/t6-,7-,8-;;;/m0.../s1. The maximum absolute atomic E-state index is 11.7. The summed E-state index contributed by atoms with van der Waals surface area (Å²) in [7, 11) is -7.85. The van der Waals surface area contributed by atoms with Crippen LogP contribution in [0.5, 0.6) is 0 Å². The van der Waals surface area contributed by atoms with Gasteiger partial charge in [-0.15, -0.1) is 0 Å². The van der Waals surface area contributed by atoms with Gasteiger partial charge in [-0.1, -0.05) is 0 Å². The van der Waals surface area contributed by atoms with E-state index in [0.29, 0.717) is 0 Å². The summed E-state index contributed by atoms with van der Waals surface area (Å²) in [6.45, 7) is 5.02. The average Bonchev–Trinajstić information content (AvgIpc) is 2.69. The second-order valence-electron chi connectivity index (χ2n) is 7.58. The van der Waals surface area contributed by atoms with E-state index in [1.54, 1.807) is 0 Å². The summed E-state index contributed by atoms with van der Waals surface area (Å²) in [5.74, 6) is -3.64. The lowest BCUT2D eigenvalue weighted by Crippen LogP contribution is -2.52. The van der Waals surface area contributed by atoms with Gasteiger partial charge in [0.05, 0.1) is 6.04 Å². The van der Waals surface area contributed by atoms with Gasteiger partial charge in [-0.25, -0.2) is 0 Å². The lowest BCUT2D eigenvalue weighted by atomic mass is 10.2. The van der Waals surface area contributed by atoms with Crippen LogP contribution >= 0.6 is 23.4 Å². The molecule has 0 fully saturated rings. The smallest absolute Gasteiger partial charge is 0.325 e. The first kappa shape index (κ1) is 41.5. The fraction of sp³-hybridized carbons (Fsp3) is 0.750. The molecule has 0 aromatic rings. The molecule has 0 aliphatic heterocycles. The largest absolute Gasteiger partial charge is 0.480 e. The molecule has 0 saturated heterocycles. The van der Waals surface area contributed by atoms with Crippen LogP contribution in [0.3, 0.4) is 0 Å². The molecule has 0 saturated carbocycles. The molecule has 0 aliphatic rings. The quantitative estimate of drug-likeness (QED) is 0.113. The highest BCUT2D eigenvalue weighted by Gasteiger charge is 2.24. The van der Waals surface area contributed by atoms with Crippen LogP contribution < -0.4 is 28.3 Å². The summed E-state index contributed by atoms with van der Waals surface area (Å²) < 4.78 is 30.3. The van der Waals surface area contributed by atoms with Gasteiger partial charge in [0, 0.05) is 25.7 Å². The van der Waals surface area contributed by atoms with E-state index in [-0.39, 0.29) is 31.3 Å². The fourth-order valence-corrected chi connectivity index (χ4v) is 3.31. The zero-order valence-corrected chi connectivity index (χ0v) is 23.5. The molecule has 0 radical (unpaired) electrons. The Bertz CT molecular complexity index is 804. The number of nitrogens with one attached hydrogen (secondary N) is 2. The van der Waals surface area contributed by atoms with Crippen molar-refractivity contribution >= 4 is 47.2 Å². The number of aliphatic carboxylic acids is 2. The van der Waals surface area contributed by atoms with Gasteiger partial charge in [-0.3, -0.25) is 32.9 Å². The first-order chi connectivity index (χ1) is 15.7. The van der Waals surface area contributed by atoms with E-state index in [1.165, 1.54) is 27.2 Å². The van der Waals surface area contributed by atoms with Crippen molar-refractivity contribution in [3.05, 3.63) is 0 Å². The van der Waals surface area contributed by atoms with E-state index in [0.717, 1.165) is 0 Å². The summed E-state index contributed by atoms with van der Waals surface area (Å²) in [6, 6.07) is -4.09. The van der Waals surface area contributed by atoms with Crippen LogP contribution in [-0.2, 0) is 32.9 Å². The monoisotopic (exact) mass is 587 g/mol. The van der Waals surface area contributed by atoms with Crippen molar-refractivity contribution < 1.29 is 57.8 Å². The minimum absolute atomic E-state index is 0. The minimum atomic E-state index is -3.25. The summed E-state index contributed by atoms with van der Waals surface area (Å²) in [4.78, 5) is 69.0. The van der Waals surface area contributed by atoms with E-state index in [4.69, 9.17) is 40.9 Å². The molecule has 20 heteroatoms. The highest BCUT2D eigenvalue weighted by molar-refractivity contribution is 7.57. The number of carboxylic acids is 2. The number of amides is 2. The number of hydrogen-bond donors (Lipinski definition) is 10. The number of carbonyl (C=O) groups is 4. The lowest BCUT2D eigenvalue weighted by molar-refractivity contribution is -0.141. The second kappa shape index (κ2) is 20.4. The van der Waals surface area contributed by atoms with Gasteiger partial charge in [0.15, 0.2) is 23.4 Å². The van der Waals surface area contributed by atoms with Crippen LogP contribution in [0.4, 0.5) is 0 Å². The molecule has 0 spiro atoms. The van der Waals surface area contributed by atoms with Crippen LogP contribution in [-0.4, -0.2) is 98.5 Å². The Morgan fingerprint density at radius 2 is 1.14 bits per heavy atom. The predicted molar refractivity (Wildman–Crippen MR) is 135 cm³/mol. The van der Waals surface area contributed by atoms with Crippen molar-refractivity contribution in [1.29, 1.82) is 0 Å². The van der Waals surface area contributed by atoms with Gasteiger partial charge >= 0.3 is 11.9 Å². The van der Waals surface area contributed by atoms with Gasteiger partial charge in [0.25, 0.3) is 0 Å². The van der Waals surface area contributed by atoms with Crippen molar-refractivity contribution in [2.24, 2.45) is 11.5 Å². The van der Waals surface area contributed by atoms with Crippen molar-refractivity contribution in [2.45, 2.75) is 50.9 Å². The number of hydrogen-bond acceptors (Lipinski definition) is 10. The van der Waals surface area contributed by atoms with Gasteiger partial charge in [-0.05, 0) is 26.7 Å². The third-order valence-electron chi connectivity index (χ3n) is 3.85. The van der Waals surface area contributed by atoms with E-state index in [9.17, 15) is 28.3 Å². The van der Waals surface area contributed by atoms with Gasteiger partial charge in [0.2, 0.25) is 11.8 Å². The Hall–Kier alpha value is -1.67. The van der Waals surface area contributed by atoms with Crippen LogP contribution in [0.25, 0.3) is 0 Å². The van der Waals surface area contributed by atoms with E-state index < -0.39 is 71.3 Å². The molecule has 14 N–H and O–H groups in total. The zero-order valence-electron chi connectivity index (χ0n) is 20.6. The third-order valence-corrected chi connectivity index (χ3v) is 6.02. The maximum Gasteiger partial charge on any atom is 0.325 e. The number of carbonyl (C=O) groups excluding carboxylic acids is 2. The molecule has 2 amide bonds. The van der Waals surface area contributed by atoms with Crippen molar-refractivity contribution in [3.63, 3.8) is 0 Å². The Balaban J connectivity index is -0.000000287. The van der Waals surface area contributed by atoms with Gasteiger partial charge in [0.1, 0.15) is 18.1 Å². The summed E-state index contributed by atoms with van der Waals surface area (Å²) in [5.41, 5.74) is 10.6. The summed E-state index contributed by atoms with van der Waals surface area (Å²) >= 11 is 0. The number of carboxylic acid groups (broad SMARTS) is 2. The zero-order chi connectivity index (χ0) is 28.6. The second-order valence-corrected chi connectivity index (χ2v) is 12.9. The third kappa shape index (κ3) is 26.9. The molecule has 216 valence electrons. The molecule has 17 nitrogen and oxygen atoms in total. The Morgan fingerprint density at radius 3 is 1.44 bits per heavy atom. The number of nitrogens with two attached hydrogens (primary N) is 2. The average molecular weight is 587 g/mol. The van der Waals surface area contributed by atoms with Crippen molar-refractivity contribution in [3.8, 4) is 0 Å². The highest BCUT2D eigenvalue weighted by atomic mass is 31.2. The normalized spacial score (nSPS) is 17.0. The SMILES string of the molecule is CP(=O)(O)CCC(N)C(=O)O.C[C@H](NC(=O)[C@H](C)NC(=O)[C@@H](N)CCP(C)(=O)O)C(=O)O.N.O=[PH2]O. The number of rotatable bonds is 12. The molecule has 4 unspecified atom stereocenters. The van der Waals surface area contributed by atoms with E-state index >= 15 is 0 Å². The molecule has 0 bridgehead atoms. The summed E-state index contributed by atoms with van der Waals surface area (Å²) in [6.07, 6.45) is -0.0890. The molecule has 0 aromatic carbocycles. The van der Waals surface area contributed by atoms with Crippen LogP contribution in [0.2, 0.25) is 0 Å². The van der Waals surface area contributed by atoms with Crippen molar-refractivity contribution in [2.75, 3.05) is 25.7 Å². The summed E-state index contributed by atoms with van der Waals surface area (Å²) in [5, 5.41) is 21.5. The van der Waals surface area contributed by atoms with Gasteiger partial charge in [-0.2, -0.15) is 0 Å². The molecule has 0 rings (SSSR count). The molecule has 0 aromatic heterocycles. The molecular formula is C16H40N5O12P3. The van der Waals surface area contributed by atoms with E-state index in [2.05, 4.69) is 10.6 Å².